The van der Waals surface area contributed by atoms with E-state index in [1.165, 1.54) is 0 Å². The zero-order chi connectivity index (χ0) is 19.1. The molecule has 0 heterocycles. The van der Waals surface area contributed by atoms with E-state index in [9.17, 15) is 9.59 Å². The number of ether oxygens (including phenoxy) is 1. The Morgan fingerprint density at radius 1 is 1.12 bits per heavy atom. The molecule has 6 heteroatoms. The van der Waals surface area contributed by atoms with Crippen molar-refractivity contribution in [2.75, 3.05) is 13.2 Å². The van der Waals surface area contributed by atoms with Crippen LogP contribution in [0.1, 0.15) is 23.1 Å². The van der Waals surface area contributed by atoms with Crippen LogP contribution in [0.3, 0.4) is 0 Å². The molecule has 2 rings (SSSR count). The van der Waals surface area contributed by atoms with Crippen LogP contribution in [0.5, 0.6) is 5.75 Å². The first kappa shape index (κ1) is 19.8. The highest BCUT2D eigenvalue weighted by molar-refractivity contribution is 6.32. The van der Waals surface area contributed by atoms with Gasteiger partial charge in [-0.15, -0.1) is 0 Å². The number of rotatable bonds is 8. The SMILES string of the molecule is Cc1cc(OCC(=O)N(CCC(N)=O)Cc2ccccc2)cc(C)c1Cl. The number of carbonyl (C=O) groups is 2. The number of benzene rings is 2. The molecule has 0 aliphatic heterocycles. The fourth-order valence-corrected chi connectivity index (χ4v) is 2.68. The lowest BCUT2D eigenvalue weighted by molar-refractivity contribution is -0.134. The second-order valence-electron chi connectivity index (χ2n) is 6.18. The first-order valence-electron chi connectivity index (χ1n) is 8.36. The number of primary amides is 1. The lowest BCUT2D eigenvalue weighted by atomic mass is 10.1. The summed E-state index contributed by atoms with van der Waals surface area (Å²) in [6.07, 6.45) is 0.109. The van der Waals surface area contributed by atoms with E-state index < -0.39 is 5.91 Å². The van der Waals surface area contributed by atoms with E-state index in [4.69, 9.17) is 22.1 Å². The molecule has 0 aliphatic carbocycles. The van der Waals surface area contributed by atoms with Crippen molar-refractivity contribution in [2.45, 2.75) is 26.8 Å². The van der Waals surface area contributed by atoms with Gasteiger partial charge in [-0.05, 0) is 42.7 Å². The molecule has 138 valence electrons. The monoisotopic (exact) mass is 374 g/mol. The molecule has 0 saturated carbocycles. The van der Waals surface area contributed by atoms with E-state index in [-0.39, 0.29) is 25.5 Å². The standard InChI is InChI=1S/C20H23ClN2O3/c1-14-10-17(11-15(2)20(14)21)26-13-19(25)23(9-8-18(22)24)12-16-6-4-3-5-7-16/h3-7,10-11H,8-9,12-13H2,1-2H3,(H2,22,24). The van der Waals surface area contributed by atoms with Gasteiger partial charge in [-0.3, -0.25) is 9.59 Å². The Bertz CT molecular complexity index is 755. The van der Waals surface area contributed by atoms with Crippen molar-refractivity contribution in [3.05, 3.63) is 64.2 Å². The zero-order valence-electron chi connectivity index (χ0n) is 15.0. The zero-order valence-corrected chi connectivity index (χ0v) is 15.8. The lowest BCUT2D eigenvalue weighted by Crippen LogP contribution is -2.36. The fraction of sp³-hybridized carbons (Fsp3) is 0.300. The van der Waals surface area contributed by atoms with Gasteiger partial charge in [-0.2, -0.15) is 0 Å². The molecule has 0 unspecified atom stereocenters. The Labute approximate surface area is 158 Å². The number of aryl methyl sites for hydroxylation is 2. The Morgan fingerprint density at radius 3 is 2.31 bits per heavy atom. The molecule has 0 aliphatic rings. The van der Waals surface area contributed by atoms with Crippen molar-refractivity contribution in [2.24, 2.45) is 5.73 Å². The molecule has 26 heavy (non-hydrogen) atoms. The number of nitrogens with two attached hydrogens (primary N) is 1. The highest BCUT2D eigenvalue weighted by Gasteiger charge is 2.16. The van der Waals surface area contributed by atoms with E-state index in [2.05, 4.69) is 0 Å². The molecular weight excluding hydrogens is 352 g/mol. The van der Waals surface area contributed by atoms with Crippen LogP contribution in [0.25, 0.3) is 0 Å². The number of hydrogen-bond acceptors (Lipinski definition) is 3. The molecule has 0 spiro atoms. The van der Waals surface area contributed by atoms with E-state index in [0.29, 0.717) is 17.3 Å². The Hall–Kier alpha value is -2.53. The van der Waals surface area contributed by atoms with Crippen molar-refractivity contribution in [3.8, 4) is 5.75 Å². The average molecular weight is 375 g/mol. The van der Waals surface area contributed by atoms with Crippen molar-refractivity contribution in [1.29, 1.82) is 0 Å². The van der Waals surface area contributed by atoms with Gasteiger partial charge >= 0.3 is 0 Å². The third-order valence-corrected chi connectivity index (χ3v) is 4.57. The molecule has 2 amide bonds. The number of carbonyl (C=O) groups excluding carboxylic acids is 2. The lowest BCUT2D eigenvalue weighted by Gasteiger charge is -2.22. The normalized spacial score (nSPS) is 10.4. The maximum absolute atomic E-state index is 12.6. The Kier molecular flexibility index (Phi) is 7.04. The highest BCUT2D eigenvalue weighted by Crippen LogP contribution is 2.25. The quantitative estimate of drug-likeness (QED) is 0.770. The second-order valence-corrected chi connectivity index (χ2v) is 6.55. The molecule has 0 fully saturated rings. The molecule has 5 nitrogen and oxygen atoms in total. The number of amides is 2. The van der Waals surface area contributed by atoms with E-state index in [0.717, 1.165) is 16.7 Å². The number of nitrogens with zero attached hydrogens (tertiary/aromatic N) is 1. The summed E-state index contributed by atoms with van der Waals surface area (Å²) in [5.74, 6) is -0.0617. The van der Waals surface area contributed by atoms with Gasteiger partial charge in [0.2, 0.25) is 5.91 Å². The summed E-state index contributed by atoms with van der Waals surface area (Å²) in [5.41, 5.74) is 7.99. The van der Waals surface area contributed by atoms with Crippen molar-refractivity contribution >= 4 is 23.4 Å². The summed E-state index contributed by atoms with van der Waals surface area (Å²) < 4.78 is 5.64. The van der Waals surface area contributed by atoms with Crippen LogP contribution in [-0.2, 0) is 16.1 Å². The third kappa shape index (κ3) is 5.77. The van der Waals surface area contributed by atoms with Crippen LogP contribution in [0, 0.1) is 13.8 Å². The maximum atomic E-state index is 12.6. The largest absolute Gasteiger partial charge is 0.484 e. The van der Waals surface area contributed by atoms with Gasteiger partial charge < -0.3 is 15.4 Å². The minimum atomic E-state index is -0.444. The molecule has 0 aromatic heterocycles. The van der Waals surface area contributed by atoms with Gasteiger partial charge in [-0.25, -0.2) is 0 Å². The van der Waals surface area contributed by atoms with Crippen molar-refractivity contribution in [1.82, 2.24) is 4.90 Å². The Balaban J connectivity index is 2.04. The summed E-state index contributed by atoms with van der Waals surface area (Å²) in [4.78, 5) is 25.3. The first-order chi connectivity index (χ1) is 12.4. The molecule has 2 aromatic carbocycles. The number of hydrogen-bond donors (Lipinski definition) is 1. The molecule has 0 atom stereocenters. The second kappa shape index (κ2) is 9.25. The predicted molar refractivity (Wildman–Crippen MR) is 102 cm³/mol. The summed E-state index contributed by atoms with van der Waals surface area (Å²) in [6.45, 7) is 4.31. The summed E-state index contributed by atoms with van der Waals surface area (Å²) in [5, 5.41) is 0.691. The minimum absolute atomic E-state index is 0.109. The van der Waals surface area contributed by atoms with Crippen LogP contribution >= 0.6 is 11.6 Å². The van der Waals surface area contributed by atoms with E-state index in [1.54, 1.807) is 17.0 Å². The van der Waals surface area contributed by atoms with Gasteiger partial charge in [0.25, 0.3) is 5.91 Å². The Morgan fingerprint density at radius 2 is 1.73 bits per heavy atom. The predicted octanol–water partition coefficient (Wildman–Crippen LogP) is 3.24. The minimum Gasteiger partial charge on any atom is -0.484 e. The van der Waals surface area contributed by atoms with Crippen LogP contribution in [0.2, 0.25) is 5.02 Å². The van der Waals surface area contributed by atoms with E-state index >= 15 is 0 Å². The van der Waals surface area contributed by atoms with Crippen LogP contribution < -0.4 is 10.5 Å². The van der Waals surface area contributed by atoms with E-state index in [1.807, 2.05) is 44.2 Å². The summed E-state index contributed by atoms with van der Waals surface area (Å²) in [7, 11) is 0. The van der Waals surface area contributed by atoms with Crippen LogP contribution in [0.15, 0.2) is 42.5 Å². The van der Waals surface area contributed by atoms with Gasteiger partial charge in [0, 0.05) is 24.5 Å². The van der Waals surface area contributed by atoms with Crippen LogP contribution in [-0.4, -0.2) is 29.9 Å². The summed E-state index contributed by atoms with van der Waals surface area (Å²) in [6, 6.07) is 13.2. The molecule has 0 radical (unpaired) electrons. The molecule has 2 N–H and O–H groups in total. The topological polar surface area (TPSA) is 72.6 Å². The highest BCUT2D eigenvalue weighted by atomic mass is 35.5. The van der Waals surface area contributed by atoms with Gasteiger partial charge in [0.1, 0.15) is 5.75 Å². The van der Waals surface area contributed by atoms with Gasteiger partial charge in [0.15, 0.2) is 6.61 Å². The summed E-state index contributed by atoms with van der Waals surface area (Å²) >= 11 is 6.15. The number of halogens is 1. The van der Waals surface area contributed by atoms with Gasteiger partial charge in [-0.1, -0.05) is 41.9 Å². The average Bonchev–Trinajstić information content (AvgIpc) is 2.61. The van der Waals surface area contributed by atoms with Crippen LogP contribution in [0.4, 0.5) is 0 Å². The van der Waals surface area contributed by atoms with Crippen molar-refractivity contribution in [3.63, 3.8) is 0 Å². The molecule has 2 aromatic rings. The van der Waals surface area contributed by atoms with Crippen molar-refractivity contribution < 1.29 is 14.3 Å². The first-order valence-corrected chi connectivity index (χ1v) is 8.74. The van der Waals surface area contributed by atoms with Gasteiger partial charge in [0.05, 0.1) is 0 Å². The fourth-order valence-electron chi connectivity index (χ4n) is 2.57. The molecule has 0 bridgehead atoms. The molecular formula is C20H23ClN2O3. The third-order valence-electron chi connectivity index (χ3n) is 3.97. The smallest absolute Gasteiger partial charge is 0.260 e. The molecule has 0 saturated heterocycles. The maximum Gasteiger partial charge on any atom is 0.260 e.